The molecule has 0 amide bonds. The van der Waals surface area contributed by atoms with E-state index in [0.29, 0.717) is 0 Å². The number of nitrogens with one attached hydrogen (secondary N) is 1. The fraction of sp³-hybridized carbons (Fsp3) is 0.500. The summed E-state index contributed by atoms with van der Waals surface area (Å²) in [7, 11) is 0. The van der Waals surface area contributed by atoms with Crippen LogP contribution in [0.5, 0.6) is 0 Å². The summed E-state index contributed by atoms with van der Waals surface area (Å²) in [6.45, 7) is 8.32. The van der Waals surface area contributed by atoms with Crippen LogP contribution < -0.4 is 5.32 Å². The van der Waals surface area contributed by atoms with Crippen molar-refractivity contribution in [1.29, 1.82) is 0 Å². The maximum absolute atomic E-state index is 4.62. The van der Waals surface area contributed by atoms with E-state index in [2.05, 4.69) is 53.0 Å². The van der Waals surface area contributed by atoms with Crippen LogP contribution in [0.4, 0.5) is 0 Å². The Bertz CT molecular complexity index is 533. The van der Waals surface area contributed by atoms with Gasteiger partial charge >= 0.3 is 0 Å². The predicted octanol–water partition coefficient (Wildman–Crippen LogP) is 2.95. The van der Waals surface area contributed by atoms with E-state index in [0.717, 1.165) is 31.6 Å². The molecule has 2 heterocycles. The summed E-state index contributed by atoms with van der Waals surface area (Å²) in [5.74, 6) is 0. The van der Waals surface area contributed by atoms with Crippen LogP contribution in [-0.2, 0) is 13.0 Å². The van der Waals surface area contributed by atoms with Gasteiger partial charge in [0.05, 0.1) is 17.4 Å². The third-order valence-corrected chi connectivity index (χ3v) is 3.47. The van der Waals surface area contributed by atoms with Crippen molar-refractivity contribution in [3.05, 3.63) is 47.5 Å². The van der Waals surface area contributed by atoms with E-state index in [1.807, 2.05) is 18.5 Å². The second-order valence-electron chi connectivity index (χ2n) is 4.87. The maximum Gasteiger partial charge on any atom is 0.0924 e. The monoisotopic (exact) mass is 272 g/mol. The maximum atomic E-state index is 4.62. The SMILES string of the molecule is CCCn1nccc1C(NCC)c1ncccc1CC. The average molecular weight is 272 g/mol. The topological polar surface area (TPSA) is 42.7 Å². The standard InChI is InChI=1S/C16H24N4/c1-4-12-20-14(9-11-19-20)16(17-6-3)15-13(5-2)8-7-10-18-15/h7-11,16-17H,4-6,12H2,1-3H3. The van der Waals surface area contributed by atoms with Gasteiger partial charge in [0.15, 0.2) is 0 Å². The number of pyridine rings is 1. The molecular weight excluding hydrogens is 248 g/mol. The molecule has 2 aromatic rings. The molecule has 0 saturated heterocycles. The zero-order valence-corrected chi connectivity index (χ0v) is 12.6. The Morgan fingerprint density at radius 2 is 2.05 bits per heavy atom. The van der Waals surface area contributed by atoms with Crippen LogP contribution in [-0.4, -0.2) is 21.3 Å². The highest BCUT2D eigenvalue weighted by Crippen LogP contribution is 2.23. The molecule has 2 rings (SSSR count). The van der Waals surface area contributed by atoms with Crippen molar-refractivity contribution in [2.24, 2.45) is 0 Å². The Hall–Kier alpha value is -1.68. The largest absolute Gasteiger partial charge is 0.304 e. The minimum atomic E-state index is 0.116. The van der Waals surface area contributed by atoms with E-state index in [-0.39, 0.29) is 6.04 Å². The summed E-state index contributed by atoms with van der Waals surface area (Å²) in [4.78, 5) is 4.62. The van der Waals surface area contributed by atoms with Crippen molar-refractivity contribution in [2.75, 3.05) is 6.54 Å². The molecule has 108 valence electrons. The Morgan fingerprint density at radius 1 is 1.20 bits per heavy atom. The van der Waals surface area contributed by atoms with Gasteiger partial charge in [-0.1, -0.05) is 26.8 Å². The van der Waals surface area contributed by atoms with E-state index in [9.17, 15) is 0 Å². The van der Waals surface area contributed by atoms with Crippen LogP contribution >= 0.6 is 0 Å². The van der Waals surface area contributed by atoms with Crippen molar-refractivity contribution in [2.45, 2.75) is 46.2 Å². The highest BCUT2D eigenvalue weighted by atomic mass is 15.3. The van der Waals surface area contributed by atoms with Gasteiger partial charge < -0.3 is 5.32 Å². The average Bonchev–Trinajstić information content (AvgIpc) is 2.93. The molecule has 1 atom stereocenters. The number of hydrogen-bond acceptors (Lipinski definition) is 3. The highest BCUT2D eigenvalue weighted by Gasteiger charge is 2.20. The van der Waals surface area contributed by atoms with Crippen LogP contribution in [0.25, 0.3) is 0 Å². The number of rotatable bonds is 7. The molecule has 4 nitrogen and oxygen atoms in total. The smallest absolute Gasteiger partial charge is 0.0924 e. The normalized spacial score (nSPS) is 12.6. The van der Waals surface area contributed by atoms with Crippen molar-refractivity contribution in [3.8, 4) is 0 Å². The zero-order valence-electron chi connectivity index (χ0n) is 12.6. The lowest BCUT2D eigenvalue weighted by molar-refractivity contribution is 0.512. The summed E-state index contributed by atoms with van der Waals surface area (Å²) in [6.07, 6.45) is 5.83. The van der Waals surface area contributed by atoms with Gasteiger partial charge in [-0.05, 0) is 37.1 Å². The summed E-state index contributed by atoms with van der Waals surface area (Å²) < 4.78 is 2.08. The minimum absolute atomic E-state index is 0.116. The first kappa shape index (κ1) is 14.7. The summed E-state index contributed by atoms with van der Waals surface area (Å²) in [5.41, 5.74) is 3.61. The number of hydrogen-bond donors (Lipinski definition) is 1. The lowest BCUT2D eigenvalue weighted by atomic mass is 10.0. The van der Waals surface area contributed by atoms with Crippen molar-refractivity contribution >= 4 is 0 Å². The number of aryl methyl sites for hydroxylation is 2. The van der Waals surface area contributed by atoms with Crippen LogP contribution in [0, 0.1) is 0 Å². The van der Waals surface area contributed by atoms with Crippen molar-refractivity contribution < 1.29 is 0 Å². The van der Waals surface area contributed by atoms with Crippen LogP contribution in [0.2, 0.25) is 0 Å². The molecule has 4 heteroatoms. The molecule has 0 saturated carbocycles. The van der Waals surface area contributed by atoms with E-state index in [1.165, 1.54) is 11.3 Å². The Balaban J connectivity index is 2.42. The quantitative estimate of drug-likeness (QED) is 0.842. The third-order valence-electron chi connectivity index (χ3n) is 3.47. The second kappa shape index (κ2) is 7.20. The molecule has 0 aliphatic carbocycles. The van der Waals surface area contributed by atoms with Gasteiger partial charge in [0.25, 0.3) is 0 Å². The van der Waals surface area contributed by atoms with E-state index < -0.39 is 0 Å². The van der Waals surface area contributed by atoms with Gasteiger partial charge in [-0.2, -0.15) is 5.10 Å². The fourth-order valence-corrected chi connectivity index (χ4v) is 2.54. The Morgan fingerprint density at radius 3 is 2.75 bits per heavy atom. The van der Waals surface area contributed by atoms with Gasteiger partial charge in [-0.25, -0.2) is 0 Å². The molecule has 0 aliphatic rings. The third kappa shape index (κ3) is 3.07. The van der Waals surface area contributed by atoms with Crippen molar-refractivity contribution in [1.82, 2.24) is 20.1 Å². The van der Waals surface area contributed by atoms with Gasteiger partial charge in [0.2, 0.25) is 0 Å². The number of nitrogens with zero attached hydrogens (tertiary/aromatic N) is 3. The van der Waals surface area contributed by atoms with Crippen LogP contribution in [0.3, 0.4) is 0 Å². The summed E-state index contributed by atoms with van der Waals surface area (Å²) in [5, 5.41) is 7.99. The lowest BCUT2D eigenvalue weighted by Gasteiger charge is -2.21. The van der Waals surface area contributed by atoms with Crippen LogP contribution in [0.15, 0.2) is 30.6 Å². The highest BCUT2D eigenvalue weighted by molar-refractivity contribution is 5.29. The number of aromatic nitrogens is 3. The lowest BCUT2D eigenvalue weighted by Crippen LogP contribution is -2.26. The zero-order chi connectivity index (χ0) is 14.4. The van der Waals surface area contributed by atoms with Crippen molar-refractivity contribution in [3.63, 3.8) is 0 Å². The molecule has 0 aliphatic heterocycles. The first-order valence-corrected chi connectivity index (χ1v) is 7.50. The molecule has 0 fully saturated rings. The van der Waals surface area contributed by atoms with Gasteiger partial charge in [-0.15, -0.1) is 0 Å². The molecule has 0 spiro atoms. The molecule has 20 heavy (non-hydrogen) atoms. The molecule has 0 aromatic carbocycles. The molecule has 1 N–H and O–H groups in total. The molecule has 1 unspecified atom stereocenters. The minimum Gasteiger partial charge on any atom is -0.304 e. The van der Waals surface area contributed by atoms with Gasteiger partial charge in [0, 0.05) is 18.9 Å². The van der Waals surface area contributed by atoms with Crippen LogP contribution in [0.1, 0.15) is 50.2 Å². The van der Waals surface area contributed by atoms with Gasteiger partial charge in [-0.3, -0.25) is 9.67 Å². The summed E-state index contributed by atoms with van der Waals surface area (Å²) in [6, 6.07) is 6.38. The first-order valence-electron chi connectivity index (χ1n) is 7.50. The summed E-state index contributed by atoms with van der Waals surface area (Å²) >= 11 is 0. The first-order chi connectivity index (χ1) is 9.81. The molecular formula is C16H24N4. The van der Waals surface area contributed by atoms with E-state index >= 15 is 0 Å². The van der Waals surface area contributed by atoms with E-state index in [4.69, 9.17) is 0 Å². The predicted molar refractivity (Wildman–Crippen MR) is 81.7 cm³/mol. The second-order valence-corrected chi connectivity index (χ2v) is 4.87. The fourth-order valence-electron chi connectivity index (χ4n) is 2.54. The Labute approximate surface area is 121 Å². The molecule has 2 aromatic heterocycles. The van der Waals surface area contributed by atoms with E-state index in [1.54, 1.807) is 0 Å². The Kier molecular flexibility index (Phi) is 5.30. The van der Waals surface area contributed by atoms with Gasteiger partial charge in [0.1, 0.15) is 0 Å². The molecule has 0 radical (unpaired) electrons. The molecule has 0 bridgehead atoms.